The number of aliphatic carboxylic acids is 1. The van der Waals surface area contributed by atoms with Gasteiger partial charge in [-0.15, -0.1) is 0 Å². The predicted octanol–water partition coefficient (Wildman–Crippen LogP) is 3.38. The molecule has 1 amide bonds. The fourth-order valence-corrected chi connectivity index (χ4v) is 3.87. The first-order valence-corrected chi connectivity index (χ1v) is 9.51. The molecule has 0 aromatic heterocycles. The molecule has 1 atom stereocenters. The zero-order valence-corrected chi connectivity index (χ0v) is 16.5. The number of carbonyl (C=O) groups excluding carboxylic acids is 1. The molecule has 0 spiro atoms. The number of nitrogens with zero attached hydrogens (tertiary/aromatic N) is 1. The maximum atomic E-state index is 12.8. The number of carboxylic acids is 1. The number of likely N-dealkylation sites (tertiary alicyclic amines) is 1. The average molecular weight is 381 g/mol. The minimum absolute atomic E-state index is 0.282. The summed E-state index contributed by atoms with van der Waals surface area (Å²) in [6.45, 7) is 9.71. The summed E-state index contributed by atoms with van der Waals surface area (Å²) in [7, 11) is -4.00. The van der Waals surface area contributed by atoms with Crippen LogP contribution >= 0.6 is 7.82 Å². The van der Waals surface area contributed by atoms with Crippen molar-refractivity contribution in [3.05, 3.63) is 0 Å². The molecule has 25 heavy (non-hydrogen) atoms. The highest BCUT2D eigenvalue weighted by Gasteiger charge is 2.39. The second-order valence-corrected chi connectivity index (χ2v) is 9.22. The highest BCUT2D eigenvalue weighted by atomic mass is 31.2. The Labute approximate surface area is 148 Å². The minimum atomic E-state index is -4.00. The largest absolute Gasteiger partial charge is 0.480 e. The summed E-state index contributed by atoms with van der Waals surface area (Å²) in [5.74, 6) is -1.09. The average Bonchev–Trinajstić information content (AvgIpc) is 2.82. The molecule has 1 saturated heterocycles. The fraction of sp³-hybridized carbons (Fsp3) is 0.867. The van der Waals surface area contributed by atoms with Crippen molar-refractivity contribution in [2.75, 3.05) is 13.3 Å². The molecular weight excluding hydrogens is 353 g/mol. The lowest BCUT2D eigenvalue weighted by atomic mass is 10.2. The Bertz CT molecular complexity index is 517. The number of phosphoric acid groups is 1. The first kappa shape index (κ1) is 21.9. The van der Waals surface area contributed by atoms with E-state index in [9.17, 15) is 14.2 Å². The van der Waals surface area contributed by atoms with Gasteiger partial charge in [0.15, 0.2) is 0 Å². The van der Waals surface area contributed by atoms with Crippen LogP contribution in [0.5, 0.6) is 0 Å². The van der Waals surface area contributed by atoms with E-state index in [4.69, 9.17) is 23.4 Å². The Morgan fingerprint density at radius 1 is 1.12 bits per heavy atom. The van der Waals surface area contributed by atoms with Crippen LogP contribution in [0, 0.1) is 0 Å². The summed E-state index contributed by atoms with van der Waals surface area (Å²) in [6, 6.07) is -0.920. The van der Waals surface area contributed by atoms with Gasteiger partial charge in [0, 0.05) is 6.54 Å². The smallest absolute Gasteiger partial charge is 0.478 e. The van der Waals surface area contributed by atoms with Crippen molar-refractivity contribution in [3.8, 4) is 0 Å². The van der Waals surface area contributed by atoms with E-state index >= 15 is 0 Å². The first-order chi connectivity index (χ1) is 11.2. The van der Waals surface area contributed by atoms with Crippen LogP contribution in [-0.4, -0.2) is 52.7 Å². The van der Waals surface area contributed by atoms with E-state index in [0.717, 1.165) is 4.90 Å². The number of hydrogen-bond donors (Lipinski definition) is 1. The Morgan fingerprint density at radius 2 is 1.64 bits per heavy atom. The molecule has 1 aliphatic rings. The third-order valence-corrected chi connectivity index (χ3v) is 4.90. The number of rotatable bonds is 6. The van der Waals surface area contributed by atoms with Gasteiger partial charge >= 0.3 is 19.9 Å². The van der Waals surface area contributed by atoms with Crippen LogP contribution in [0.3, 0.4) is 0 Å². The van der Waals surface area contributed by atoms with Crippen LogP contribution < -0.4 is 0 Å². The normalized spacial score (nSPS) is 19.1. The Balaban J connectivity index is 2.66. The lowest BCUT2D eigenvalue weighted by Gasteiger charge is -2.30. The second kappa shape index (κ2) is 8.03. The number of amides is 1. The highest BCUT2D eigenvalue weighted by molar-refractivity contribution is 7.48. The standard InChI is InChI=1S/C15H28NO8P/c1-14(2,3)23-25(20,24-15(4,5)6)22-10-21-13(19)16-9-7-8-11(16)12(17)18/h11H,7-10H2,1-6H3,(H,17,18)/t11-/m0/s1. The Hall–Kier alpha value is -1.15. The van der Waals surface area contributed by atoms with E-state index in [1.54, 1.807) is 41.5 Å². The minimum Gasteiger partial charge on any atom is -0.480 e. The molecule has 1 aliphatic heterocycles. The summed E-state index contributed by atoms with van der Waals surface area (Å²) in [5.41, 5.74) is -1.62. The van der Waals surface area contributed by atoms with E-state index in [1.165, 1.54) is 0 Å². The van der Waals surface area contributed by atoms with Crippen LogP contribution in [0.4, 0.5) is 4.79 Å². The molecule has 0 aliphatic carbocycles. The molecule has 0 radical (unpaired) electrons. The van der Waals surface area contributed by atoms with Gasteiger partial charge in [-0.3, -0.25) is 13.9 Å². The number of hydrogen-bond acceptors (Lipinski definition) is 7. The third kappa shape index (κ3) is 7.73. The zero-order valence-electron chi connectivity index (χ0n) is 15.6. The van der Waals surface area contributed by atoms with Crippen molar-refractivity contribution in [2.45, 2.75) is 71.6 Å². The molecule has 1 heterocycles. The summed E-state index contributed by atoms with van der Waals surface area (Å²) in [4.78, 5) is 24.2. The Kier molecular flexibility index (Phi) is 7.03. The zero-order chi connectivity index (χ0) is 19.5. The SMILES string of the molecule is CC(C)(C)OP(=O)(OCOC(=O)N1CCC[C@H]1C(=O)O)OC(C)(C)C. The van der Waals surface area contributed by atoms with Gasteiger partial charge in [-0.05, 0) is 54.4 Å². The van der Waals surface area contributed by atoms with E-state index in [1.807, 2.05) is 0 Å². The predicted molar refractivity (Wildman–Crippen MR) is 89.1 cm³/mol. The molecule has 0 saturated carbocycles. The lowest BCUT2D eigenvalue weighted by Crippen LogP contribution is -2.41. The quantitative estimate of drug-likeness (QED) is 0.550. The topological polar surface area (TPSA) is 112 Å². The van der Waals surface area contributed by atoms with Crippen LogP contribution in [-0.2, 0) is 27.7 Å². The molecule has 0 unspecified atom stereocenters. The van der Waals surface area contributed by atoms with Gasteiger partial charge in [0.05, 0.1) is 11.2 Å². The second-order valence-electron chi connectivity index (χ2n) is 7.70. The molecule has 1 N–H and O–H groups in total. The van der Waals surface area contributed by atoms with Crippen molar-refractivity contribution < 1.29 is 37.6 Å². The van der Waals surface area contributed by atoms with E-state index in [0.29, 0.717) is 12.8 Å². The van der Waals surface area contributed by atoms with Crippen LogP contribution in [0.25, 0.3) is 0 Å². The number of carbonyl (C=O) groups is 2. The summed E-state index contributed by atoms with van der Waals surface area (Å²) < 4.78 is 33.5. The van der Waals surface area contributed by atoms with Crippen LogP contribution in [0.1, 0.15) is 54.4 Å². The molecule has 0 bridgehead atoms. The highest BCUT2D eigenvalue weighted by Crippen LogP contribution is 2.55. The summed E-state index contributed by atoms with van der Waals surface area (Å²) >= 11 is 0. The number of carboxylic acid groups (broad SMARTS) is 1. The molecule has 9 nitrogen and oxygen atoms in total. The van der Waals surface area contributed by atoms with Crippen molar-refractivity contribution in [3.63, 3.8) is 0 Å². The van der Waals surface area contributed by atoms with Crippen LogP contribution in [0.15, 0.2) is 0 Å². The third-order valence-electron chi connectivity index (χ3n) is 2.94. The lowest BCUT2D eigenvalue weighted by molar-refractivity contribution is -0.142. The van der Waals surface area contributed by atoms with Gasteiger partial charge in [-0.2, -0.15) is 0 Å². The summed E-state index contributed by atoms with van der Waals surface area (Å²) in [6.07, 6.45) is 0.0957. The van der Waals surface area contributed by atoms with Crippen molar-refractivity contribution >= 4 is 19.9 Å². The maximum Gasteiger partial charge on any atom is 0.478 e. The number of phosphoric ester groups is 1. The summed E-state index contributed by atoms with van der Waals surface area (Å²) in [5, 5.41) is 9.08. The van der Waals surface area contributed by atoms with Crippen LogP contribution in [0.2, 0.25) is 0 Å². The van der Waals surface area contributed by atoms with Crippen molar-refractivity contribution in [1.82, 2.24) is 4.90 Å². The number of ether oxygens (including phenoxy) is 1. The van der Waals surface area contributed by atoms with Gasteiger partial charge in [0.1, 0.15) is 6.04 Å². The molecule has 10 heteroatoms. The maximum absolute atomic E-state index is 12.8. The van der Waals surface area contributed by atoms with Gasteiger partial charge in [0.25, 0.3) is 0 Å². The van der Waals surface area contributed by atoms with Crippen molar-refractivity contribution in [1.29, 1.82) is 0 Å². The van der Waals surface area contributed by atoms with E-state index in [-0.39, 0.29) is 6.54 Å². The van der Waals surface area contributed by atoms with Gasteiger partial charge in [0.2, 0.25) is 6.79 Å². The monoisotopic (exact) mass is 381 g/mol. The molecule has 1 fully saturated rings. The van der Waals surface area contributed by atoms with E-state index < -0.39 is 43.9 Å². The van der Waals surface area contributed by atoms with E-state index in [2.05, 4.69) is 0 Å². The van der Waals surface area contributed by atoms with Crippen molar-refractivity contribution in [2.24, 2.45) is 0 Å². The molecular formula is C15H28NO8P. The molecule has 0 aromatic carbocycles. The van der Waals surface area contributed by atoms with Gasteiger partial charge in [-0.25, -0.2) is 18.7 Å². The fourth-order valence-electron chi connectivity index (χ4n) is 2.21. The Morgan fingerprint density at radius 3 is 2.08 bits per heavy atom. The molecule has 1 rings (SSSR count). The molecule has 146 valence electrons. The van der Waals surface area contributed by atoms with Gasteiger partial charge in [-0.1, -0.05) is 0 Å². The first-order valence-electron chi connectivity index (χ1n) is 8.05. The molecule has 0 aromatic rings. The van der Waals surface area contributed by atoms with Gasteiger partial charge < -0.3 is 9.84 Å².